The van der Waals surface area contributed by atoms with Crippen LogP contribution >= 0.6 is 0 Å². The number of aryl methyl sites for hydroxylation is 1. The Hall–Kier alpha value is -2.07. The number of benzene rings is 2. The van der Waals surface area contributed by atoms with Gasteiger partial charge >= 0.3 is 0 Å². The van der Waals surface area contributed by atoms with E-state index < -0.39 is 10.0 Å². The molecule has 0 unspecified atom stereocenters. The smallest absolute Gasteiger partial charge is 0.260 e. The topological polar surface area (TPSA) is 37.4 Å². The summed E-state index contributed by atoms with van der Waals surface area (Å²) in [7, 11) is -3.42. The van der Waals surface area contributed by atoms with Gasteiger partial charge in [0.2, 0.25) is 0 Å². The fraction of sp³-hybridized carbons (Fsp3) is 0.222. The van der Waals surface area contributed by atoms with Crippen molar-refractivity contribution in [2.45, 2.75) is 19.3 Å². The Morgan fingerprint density at radius 2 is 1.55 bits per heavy atom. The van der Waals surface area contributed by atoms with Crippen LogP contribution in [0, 0.1) is 0 Å². The maximum Gasteiger partial charge on any atom is 0.260 e. The Bertz CT molecular complexity index is 868. The van der Waals surface area contributed by atoms with Gasteiger partial charge in [-0.2, -0.15) is 0 Å². The summed E-state index contributed by atoms with van der Waals surface area (Å²) in [5.74, 6) is 0. The van der Waals surface area contributed by atoms with Gasteiger partial charge < -0.3 is 0 Å². The number of hydrogen-bond donors (Lipinski definition) is 0. The molecule has 2 aromatic rings. The largest absolute Gasteiger partial charge is 0.266 e. The van der Waals surface area contributed by atoms with Crippen LogP contribution in [0.15, 0.2) is 53.4 Å². The molecule has 3 nitrogen and oxygen atoms in total. The second kappa shape index (κ2) is 4.99. The number of allylic oxidation sites excluding steroid dienone is 1. The van der Waals surface area contributed by atoms with E-state index in [0.717, 1.165) is 29.7 Å². The van der Waals surface area contributed by atoms with Crippen LogP contribution < -0.4 is 4.31 Å². The van der Waals surface area contributed by atoms with Gasteiger partial charge in [0.1, 0.15) is 0 Å². The number of rotatable bonds is 2. The molecule has 2 aromatic carbocycles. The number of sulfonamides is 1. The van der Waals surface area contributed by atoms with E-state index in [4.69, 9.17) is 0 Å². The van der Waals surface area contributed by atoms with Crippen molar-refractivity contribution >= 4 is 21.8 Å². The molecule has 22 heavy (non-hydrogen) atoms. The van der Waals surface area contributed by atoms with Crippen molar-refractivity contribution < 1.29 is 8.42 Å². The lowest BCUT2D eigenvalue weighted by atomic mass is 9.98. The van der Waals surface area contributed by atoms with E-state index >= 15 is 0 Å². The Labute approximate surface area is 130 Å². The van der Waals surface area contributed by atoms with Crippen molar-refractivity contribution in [2.24, 2.45) is 0 Å². The average Bonchev–Trinajstić information content (AvgIpc) is 2.99. The fourth-order valence-electron chi connectivity index (χ4n) is 3.31. The van der Waals surface area contributed by atoms with E-state index in [2.05, 4.69) is 6.07 Å². The summed E-state index contributed by atoms with van der Waals surface area (Å²) in [6, 6.07) is 15.8. The summed E-state index contributed by atoms with van der Waals surface area (Å²) in [5.41, 5.74) is 4.20. The van der Waals surface area contributed by atoms with E-state index in [1.165, 1.54) is 5.56 Å². The molecular formula is C18H17NO2S. The zero-order valence-corrected chi connectivity index (χ0v) is 13.0. The number of para-hydroxylation sites is 1. The summed E-state index contributed by atoms with van der Waals surface area (Å²) < 4.78 is 27.6. The quantitative estimate of drug-likeness (QED) is 0.853. The van der Waals surface area contributed by atoms with Crippen LogP contribution in [0.4, 0.5) is 5.69 Å². The van der Waals surface area contributed by atoms with Gasteiger partial charge in [0.05, 0.1) is 10.6 Å². The number of fused-ring (bicyclic) bond motifs is 2. The molecule has 0 bridgehead atoms. The van der Waals surface area contributed by atoms with Gasteiger partial charge in [-0.15, -0.1) is 0 Å². The van der Waals surface area contributed by atoms with Crippen molar-refractivity contribution in [3.8, 4) is 0 Å². The highest BCUT2D eigenvalue weighted by Crippen LogP contribution is 2.35. The Balaban J connectivity index is 1.76. The highest BCUT2D eigenvalue weighted by atomic mass is 32.2. The van der Waals surface area contributed by atoms with Gasteiger partial charge in [0.25, 0.3) is 10.0 Å². The molecule has 112 valence electrons. The summed E-state index contributed by atoms with van der Waals surface area (Å²) in [6.07, 6.45) is 4.00. The lowest BCUT2D eigenvalue weighted by Crippen LogP contribution is -2.30. The van der Waals surface area contributed by atoms with Gasteiger partial charge in [0.15, 0.2) is 0 Å². The lowest BCUT2D eigenvalue weighted by molar-refractivity contribution is 0.596. The summed E-state index contributed by atoms with van der Waals surface area (Å²) in [6.45, 7) is 0.542. The summed E-state index contributed by atoms with van der Waals surface area (Å²) in [5, 5.41) is 0. The fourth-order valence-corrected chi connectivity index (χ4v) is 5.00. The number of nitrogens with zero attached hydrogens (tertiary/aromatic N) is 1. The number of anilines is 1. The maximum absolute atomic E-state index is 13.0. The van der Waals surface area contributed by atoms with Gasteiger partial charge in [-0.3, -0.25) is 4.31 Å². The third kappa shape index (κ3) is 2.06. The first-order valence-electron chi connectivity index (χ1n) is 7.55. The molecule has 0 spiro atoms. The number of hydrogen-bond acceptors (Lipinski definition) is 2. The third-order valence-electron chi connectivity index (χ3n) is 4.48. The maximum atomic E-state index is 13.0. The molecule has 0 aromatic heterocycles. The van der Waals surface area contributed by atoms with Crippen molar-refractivity contribution in [1.82, 2.24) is 0 Å². The third-order valence-corrected chi connectivity index (χ3v) is 6.42. The predicted octanol–water partition coefficient (Wildman–Crippen LogP) is 3.37. The second-order valence-electron chi connectivity index (χ2n) is 5.77. The summed E-state index contributed by atoms with van der Waals surface area (Å²) in [4.78, 5) is 0.530. The van der Waals surface area contributed by atoms with E-state index in [-0.39, 0.29) is 0 Å². The first-order valence-corrected chi connectivity index (χ1v) is 8.99. The van der Waals surface area contributed by atoms with E-state index in [9.17, 15) is 8.42 Å². The molecule has 0 radical (unpaired) electrons. The van der Waals surface area contributed by atoms with Crippen LogP contribution in [-0.4, -0.2) is 15.0 Å². The van der Waals surface area contributed by atoms with Crippen LogP contribution in [0.5, 0.6) is 0 Å². The molecule has 0 amide bonds. The van der Waals surface area contributed by atoms with Gasteiger partial charge in [-0.05, 0) is 48.1 Å². The molecule has 1 heterocycles. The minimum Gasteiger partial charge on any atom is -0.266 e. The molecule has 0 atom stereocenters. The van der Waals surface area contributed by atoms with Gasteiger partial charge in [-0.1, -0.05) is 42.5 Å². The normalized spacial score (nSPS) is 16.9. The minimum absolute atomic E-state index is 0.530. The highest BCUT2D eigenvalue weighted by Gasteiger charge is 2.32. The van der Waals surface area contributed by atoms with Crippen LogP contribution in [0.2, 0.25) is 0 Å². The Morgan fingerprint density at radius 1 is 0.818 bits per heavy atom. The lowest BCUT2D eigenvalue weighted by Gasteiger charge is -2.24. The van der Waals surface area contributed by atoms with E-state index in [1.807, 2.05) is 48.5 Å². The molecule has 0 saturated carbocycles. The van der Waals surface area contributed by atoms with Gasteiger partial charge in [-0.25, -0.2) is 8.42 Å². The first-order chi connectivity index (χ1) is 10.7. The van der Waals surface area contributed by atoms with Crippen LogP contribution in [0.3, 0.4) is 0 Å². The molecule has 0 N–H and O–H groups in total. The molecule has 4 heteroatoms. The van der Waals surface area contributed by atoms with Crippen LogP contribution in [0.25, 0.3) is 6.08 Å². The summed E-state index contributed by atoms with van der Waals surface area (Å²) >= 11 is 0. The monoisotopic (exact) mass is 311 g/mol. The van der Waals surface area contributed by atoms with E-state index in [0.29, 0.717) is 17.9 Å². The van der Waals surface area contributed by atoms with Crippen LogP contribution in [-0.2, 0) is 22.9 Å². The second-order valence-corrected chi connectivity index (χ2v) is 7.68. The SMILES string of the molecule is O=S(=O)(C1=Cc2ccccc2CC1)N1CCc2ccccc21. The Kier molecular flexibility index (Phi) is 3.08. The highest BCUT2D eigenvalue weighted by molar-refractivity contribution is 7.96. The van der Waals surface area contributed by atoms with Crippen molar-refractivity contribution in [3.05, 3.63) is 70.1 Å². The molecular weight excluding hydrogens is 294 g/mol. The predicted molar refractivity (Wildman–Crippen MR) is 89.2 cm³/mol. The van der Waals surface area contributed by atoms with Crippen molar-refractivity contribution in [2.75, 3.05) is 10.8 Å². The molecule has 1 aliphatic carbocycles. The van der Waals surface area contributed by atoms with Crippen molar-refractivity contribution in [1.29, 1.82) is 0 Å². The zero-order valence-electron chi connectivity index (χ0n) is 12.2. The Morgan fingerprint density at radius 3 is 2.41 bits per heavy atom. The molecule has 2 aliphatic rings. The molecule has 0 fully saturated rings. The molecule has 4 rings (SSSR count). The zero-order chi connectivity index (χ0) is 15.2. The average molecular weight is 311 g/mol. The minimum atomic E-state index is -3.42. The van der Waals surface area contributed by atoms with Crippen LogP contribution in [0.1, 0.15) is 23.1 Å². The molecule has 0 saturated heterocycles. The molecule has 1 aliphatic heterocycles. The first kappa shape index (κ1) is 13.6. The standard InChI is InChI=1S/C18H17NO2S/c20-22(21,19-12-11-15-6-3-4-8-18(15)19)17-10-9-14-5-1-2-7-16(14)13-17/h1-8,13H,9-12H2. The van der Waals surface area contributed by atoms with Crippen molar-refractivity contribution in [3.63, 3.8) is 0 Å². The van der Waals surface area contributed by atoms with E-state index in [1.54, 1.807) is 4.31 Å². The van der Waals surface area contributed by atoms with Gasteiger partial charge in [0, 0.05) is 6.54 Å².